The molecule has 0 unspecified atom stereocenters. The molecule has 6 nitrogen and oxygen atoms in total. The summed E-state index contributed by atoms with van der Waals surface area (Å²) in [4.78, 5) is 22.3. The first-order valence-corrected chi connectivity index (χ1v) is 8.26. The predicted molar refractivity (Wildman–Crippen MR) is 71.0 cm³/mol. The zero-order valence-corrected chi connectivity index (χ0v) is 13.2. The first kappa shape index (κ1) is 18.1. The van der Waals surface area contributed by atoms with Crippen molar-refractivity contribution in [1.29, 1.82) is 0 Å². The van der Waals surface area contributed by atoms with Crippen molar-refractivity contribution in [3.05, 3.63) is 0 Å². The second-order valence-electron chi connectivity index (χ2n) is 4.09. The van der Waals surface area contributed by atoms with E-state index in [0.29, 0.717) is 13.2 Å². The van der Waals surface area contributed by atoms with E-state index in [2.05, 4.69) is 0 Å². The molecule has 0 saturated heterocycles. The van der Waals surface area contributed by atoms with Crippen molar-refractivity contribution in [3.63, 3.8) is 0 Å². The predicted octanol–water partition coefficient (Wildman–Crippen LogP) is 2.18. The molecule has 0 aliphatic rings. The fourth-order valence-corrected chi connectivity index (χ4v) is 3.07. The fraction of sp³-hybridized carbons (Fsp3) is 0.833. The number of carbonyl (C=O) groups excluding carboxylic acids is 2. The number of hydrogen-bond acceptors (Lipinski definition) is 6. The molecule has 0 rings (SSSR count). The van der Waals surface area contributed by atoms with Gasteiger partial charge in [0.2, 0.25) is 0 Å². The first-order chi connectivity index (χ1) is 8.95. The number of rotatable bonds is 10. The van der Waals surface area contributed by atoms with Crippen molar-refractivity contribution in [2.24, 2.45) is 0 Å². The average Bonchev–Trinajstić information content (AvgIpc) is 2.27. The quantitative estimate of drug-likeness (QED) is 0.454. The van der Waals surface area contributed by atoms with Crippen LogP contribution in [0.2, 0.25) is 0 Å². The summed E-state index contributed by atoms with van der Waals surface area (Å²) in [6.45, 7) is 7.13. The molecule has 112 valence electrons. The lowest BCUT2D eigenvalue weighted by Gasteiger charge is -2.25. The van der Waals surface area contributed by atoms with Crippen LogP contribution in [0, 0.1) is 0 Å². The van der Waals surface area contributed by atoms with Gasteiger partial charge in [-0.25, -0.2) is 0 Å². The van der Waals surface area contributed by atoms with Gasteiger partial charge >= 0.3 is 9.05 Å². The van der Waals surface area contributed by atoms with Crippen molar-refractivity contribution in [1.82, 2.24) is 0 Å². The van der Waals surface area contributed by atoms with Crippen molar-refractivity contribution in [3.8, 4) is 0 Å². The second-order valence-corrected chi connectivity index (χ2v) is 6.08. The number of unbranched alkanes of at least 4 members (excludes halogenated alkanes) is 2. The van der Waals surface area contributed by atoms with Gasteiger partial charge in [0.1, 0.15) is 0 Å². The molecule has 19 heavy (non-hydrogen) atoms. The van der Waals surface area contributed by atoms with E-state index >= 15 is 0 Å². The van der Waals surface area contributed by atoms with Gasteiger partial charge in [0, 0.05) is 27.1 Å². The van der Waals surface area contributed by atoms with Gasteiger partial charge < -0.3 is 17.7 Å². The lowest BCUT2D eigenvalue weighted by atomic mass is 10.4. The Morgan fingerprint density at radius 3 is 1.47 bits per heavy atom. The standard InChI is InChI=1S/C12H24O6Si/c1-5-7-9-15-19(17-11(3)13,18-12(4)14)16-10-8-6-2/h5-10H2,1-4H3. The van der Waals surface area contributed by atoms with Crippen LogP contribution in [-0.2, 0) is 27.3 Å². The van der Waals surface area contributed by atoms with Crippen molar-refractivity contribution in [2.75, 3.05) is 13.2 Å². The Bertz CT molecular complexity index is 253. The summed E-state index contributed by atoms with van der Waals surface area (Å²) in [6, 6.07) is 0. The summed E-state index contributed by atoms with van der Waals surface area (Å²) < 4.78 is 21.0. The van der Waals surface area contributed by atoms with Crippen LogP contribution < -0.4 is 0 Å². The van der Waals surface area contributed by atoms with Crippen molar-refractivity contribution < 1.29 is 27.3 Å². The van der Waals surface area contributed by atoms with Gasteiger partial charge in [0.15, 0.2) is 0 Å². The Balaban J connectivity index is 4.73. The average molecular weight is 292 g/mol. The SMILES string of the molecule is CCCCO[Si](OCCCC)(OC(C)=O)OC(C)=O. The topological polar surface area (TPSA) is 71.1 Å². The molecule has 0 amide bonds. The molecule has 0 radical (unpaired) electrons. The molecule has 0 saturated carbocycles. The molecule has 0 fully saturated rings. The molecule has 7 heteroatoms. The Kier molecular flexibility index (Phi) is 9.45. The molecule has 0 atom stereocenters. The minimum absolute atomic E-state index is 0.329. The zero-order chi connectivity index (χ0) is 14.7. The van der Waals surface area contributed by atoms with Crippen LogP contribution in [0.4, 0.5) is 0 Å². The van der Waals surface area contributed by atoms with Gasteiger partial charge in [-0.1, -0.05) is 26.7 Å². The Morgan fingerprint density at radius 2 is 1.21 bits per heavy atom. The van der Waals surface area contributed by atoms with Gasteiger partial charge in [-0.15, -0.1) is 0 Å². The van der Waals surface area contributed by atoms with Gasteiger partial charge in [-0.05, 0) is 12.8 Å². The molecule has 0 aromatic rings. The fourth-order valence-electron chi connectivity index (χ4n) is 1.22. The Labute approximate surface area is 115 Å². The molecule has 0 heterocycles. The second kappa shape index (κ2) is 9.94. The minimum Gasteiger partial charge on any atom is -0.442 e. The van der Waals surface area contributed by atoms with E-state index in [-0.39, 0.29) is 0 Å². The maximum atomic E-state index is 11.2. The third-order valence-electron chi connectivity index (χ3n) is 2.09. The molecule has 0 spiro atoms. The summed E-state index contributed by atoms with van der Waals surface area (Å²) in [6.07, 6.45) is 3.38. The summed E-state index contributed by atoms with van der Waals surface area (Å²) in [5.41, 5.74) is 0. The third kappa shape index (κ3) is 8.74. The summed E-state index contributed by atoms with van der Waals surface area (Å²) in [5, 5.41) is 0. The van der Waals surface area contributed by atoms with Crippen LogP contribution in [0.25, 0.3) is 0 Å². The van der Waals surface area contributed by atoms with E-state index in [9.17, 15) is 9.59 Å². The first-order valence-electron chi connectivity index (χ1n) is 6.62. The van der Waals surface area contributed by atoms with E-state index < -0.39 is 21.0 Å². The molecular formula is C12H24O6Si. The zero-order valence-electron chi connectivity index (χ0n) is 12.2. The lowest BCUT2D eigenvalue weighted by molar-refractivity contribution is -0.150. The van der Waals surface area contributed by atoms with Gasteiger partial charge in [0.05, 0.1) is 0 Å². The van der Waals surface area contributed by atoms with E-state index in [1.54, 1.807) is 0 Å². The van der Waals surface area contributed by atoms with Crippen molar-refractivity contribution >= 4 is 21.0 Å². The maximum absolute atomic E-state index is 11.2. The van der Waals surface area contributed by atoms with Crippen molar-refractivity contribution in [2.45, 2.75) is 53.4 Å². The molecular weight excluding hydrogens is 268 g/mol. The molecule has 0 bridgehead atoms. The van der Waals surface area contributed by atoms with Crippen LogP contribution in [-0.4, -0.2) is 34.2 Å². The van der Waals surface area contributed by atoms with E-state index in [1.165, 1.54) is 13.8 Å². The van der Waals surface area contributed by atoms with E-state index in [4.69, 9.17) is 17.7 Å². The van der Waals surface area contributed by atoms with E-state index in [1.807, 2.05) is 13.8 Å². The lowest BCUT2D eigenvalue weighted by Crippen LogP contribution is -2.51. The molecule has 0 aromatic heterocycles. The highest BCUT2D eigenvalue weighted by molar-refractivity contribution is 6.57. The monoisotopic (exact) mass is 292 g/mol. The smallest absolute Gasteiger partial charge is 0.442 e. The van der Waals surface area contributed by atoms with Crippen LogP contribution in [0.15, 0.2) is 0 Å². The van der Waals surface area contributed by atoms with Crippen LogP contribution in [0.3, 0.4) is 0 Å². The van der Waals surface area contributed by atoms with Crippen LogP contribution in [0.1, 0.15) is 53.4 Å². The highest BCUT2D eigenvalue weighted by Crippen LogP contribution is 2.14. The summed E-state index contributed by atoms with van der Waals surface area (Å²) in [5.74, 6) is -1.16. The normalized spacial score (nSPS) is 11.2. The number of hydrogen-bond donors (Lipinski definition) is 0. The molecule has 0 aromatic carbocycles. The Hall–Kier alpha value is -0.923. The Morgan fingerprint density at radius 1 is 0.842 bits per heavy atom. The largest absolute Gasteiger partial charge is 0.824 e. The van der Waals surface area contributed by atoms with E-state index in [0.717, 1.165) is 25.7 Å². The van der Waals surface area contributed by atoms with Crippen LogP contribution >= 0.6 is 0 Å². The number of carbonyl (C=O) groups is 2. The van der Waals surface area contributed by atoms with Gasteiger partial charge in [0.25, 0.3) is 11.9 Å². The summed E-state index contributed by atoms with van der Waals surface area (Å²) in [7, 11) is -3.70. The van der Waals surface area contributed by atoms with Gasteiger partial charge in [-0.2, -0.15) is 0 Å². The molecule has 0 N–H and O–H groups in total. The highest BCUT2D eigenvalue weighted by atomic mass is 28.4. The minimum atomic E-state index is -3.70. The van der Waals surface area contributed by atoms with Gasteiger partial charge in [-0.3, -0.25) is 9.59 Å². The maximum Gasteiger partial charge on any atom is 0.824 e. The third-order valence-corrected chi connectivity index (χ3v) is 4.28. The van der Waals surface area contributed by atoms with Crippen LogP contribution in [0.5, 0.6) is 0 Å². The summed E-state index contributed by atoms with van der Waals surface area (Å²) >= 11 is 0. The molecule has 0 aliphatic heterocycles. The highest BCUT2D eigenvalue weighted by Gasteiger charge is 2.53. The molecule has 0 aliphatic carbocycles.